The van der Waals surface area contributed by atoms with Gasteiger partial charge in [0.05, 0.1) is 18.0 Å². The number of rotatable bonds is 5. The molecule has 0 aliphatic carbocycles. The van der Waals surface area contributed by atoms with Crippen LogP contribution in [-0.2, 0) is 16.0 Å². The smallest absolute Gasteiger partial charge is 0.323 e. The van der Waals surface area contributed by atoms with Crippen LogP contribution in [0.3, 0.4) is 0 Å². The summed E-state index contributed by atoms with van der Waals surface area (Å²) in [6.45, 7) is 2.09. The number of fused-ring (bicyclic) bond motifs is 1. The third-order valence-corrected chi connectivity index (χ3v) is 4.28. The van der Waals surface area contributed by atoms with E-state index >= 15 is 0 Å². The fourth-order valence-corrected chi connectivity index (χ4v) is 2.89. The number of benzene rings is 1. The summed E-state index contributed by atoms with van der Waals surface area (Å²) < 4.78 is 7.99. The molecule has 0 aliphatic heterocycles. The third kappa shape index (κ3) is 3.34. The van der Waals surface area contributed by atoms with Gasteiger partial charge < -0.3 is 14.9 Å². The second kappa shape index (κ2) is 7.15. The van der Waals surface area contributed by atoms with Crippen molar-refractivity contribution in [3.05, 3.63) is 58.8 Å². The van der Waals surface area contributed by atoms with E-state index in [2.05, 4.69) is 15.9 Å². The lowest BCUT2D eigenvalue weighted by molar-refractivity contribution is -0.144. The summed E-state index contributed by atoms with van der Waals surface area (Å²) in [4.78, 5) is 16.6. The first-order valence-corrected chi connectivity index (χ1v) is 8.53. The first kappa shape index (κ1) is 16.7. The van der Waals surface area contributed by atoms with Gasteiger partial charge in [-0.25, -0.2) is 4.98 Å². The maximum absolute atomic E-state index is 11.9. The zero-order valence-corrected chi connectivity index (χ0v) is 14.9. The fourth-order valence-electron chi connectivity index (χ4n) is 2.62. The highest BCUT2D eigenvalue weighted by atomic mass is 79.9. The van der Waals surface area contributed by atoms with Crippen LogP contribution < -0.4 is 5.73 Å². The standard InChI is InChI=1S/C18H18BrN3O2/c1-2-24-18(23)14(20)11-15-17(12-6-8-13(19)9-7-12)21-16-5-3-4-10-22(15)16/h3-10,14H,2,11,20H2,1H3. The molecule has 6 heteroatoms. The van der Waals surface area contributed by atoms with Crippen LogP contribution in [0.4, 0.5) is 0 Å². The summed E-state index contributed by atoms with van der Waals surface area (Å²) in [5.74, 6) is -0.398. The summed E-state index contributed by atoms with van der Waals surface area (Å²) >= 11 is 3.44. The lowest BCUT2D eigenvalue weighted by Gasteiger charge is -2.12. The van der Waals surface area contributed by atoms with Crippen molar-refractivity contribution in [3.63, 3.8) is 0 Å². The number of nitrogens with zero attached hydrogens (tertiary/aromatic N) is 2. The molecule has 3 aromatic rings. The first-order chi connectivity index (χ1) is 11.6. The topological polar surface area (TPSA) is 69.6 Å². The zero-order valence-electron chi connectivity index (χ0n) is 13.3. The van der Waals surface area contributed by atoms with Crippen molar-refractivity contribution in [2.24, 2.45) is 5.73 Å². The largest absolute Gasteiger partial charge is 0.465 e. The summed E-state index contributed by atoms with van der Waals surface area (Å²) in [6, 6.07) is 13.0. The maximum atomic E-state index is 11.9. The average Bonchev–Trinajstić information content (AvgIpc) is 2.94. The summed E-state index contributed by atoms with van der Waals surface area (Å²) in [5, 5.41) is 0. The molecule has 0 aliphatic rings. The minimum atomic E-state index is -0.723. The number of ether oxygens (including phenoxy) is 1. The molecule has 0 saturated carbocycles. The molecule has 24 heavy (non-hydrogen) atoms. The Morgan fingerprint density at radius 2 is 2.04 bits per heavy atom. The zero-order chi connectivity index (χ0) is 17.1. The van der Waals surface area contributed by atoms with Crippen molar-refractivity contribution in [2.45, 2.75) is 19.4 Å². The van der Waals surface area contributed by atoms with E-state index in [-0.39, 0.29) is 0 Å². The summed E-state index contributed by atoms with van der Waals surface area (Å²) in [7, 11) is 0. The van der Waals surface area contributed by atoms with Crippen LogP contribution in [-0.4, -0.2) is 28.0 Å². The molecule has 0 bridgehead atoms. The van der Waals surface area contributed by atoms with Gasteiger partial charge in [0.2, 0.25) is 0 Å². The number of carbonyl (C=O) groups excluding carboxylic acids is 1. The lowest BCUT2D eigenvalue weighted by Crippen LogP contribution is -2.34. The van der Waals surface area contributed by atoms with Crippen LogP contribution in [0.1, 0.15) is 12.6 Å². The molecule has 0 amide bonds. The molecule has 2 N–H and O–H groups in total. The highest BCUT2D eigenvalue weighted by molar-refractivity contribution is 9.10. The Labute approximate surface area is 148 Å². The first-order valence-electron chi connectivity index (χ1n) is 7.74. The summed E-state index contributed by atoms with van der Waals surface area (Å²) in [6.07, 6.45) is 2.29. The second-order valence-electron chi connectivity index (χ2n) is 5.41. The Bertz CT molecular complexity index is 858. The van der Waals surface area contributed by atoms with Crippen LogP contribution in [0.15, 0.2) is 53.1 Å². The van der Waals surface area contributed by atoms with Gasteiger partial charge >= 0.3 is 5.97 Å². The van der Waals surface area contributed by atoms with Gasteiger partial charge in [-0.05, 0) is 31.2 Å². The minimum absolute atomic E-state index is 0.319. The van der Waals surface area contributed by atoms with Crippen LogP contribution in [0, 0.1) is 0 Å². The Balaban J connectivity index is 2.05. The van der Waals surface area contributed by atoms with Crippen LogP contribution in [0.5, 0.6) is 0 Å². The minimum Gasteiger partial charge on any atom is -0.465 e. The molecule has 0 radical (unpaired) electrons. The normalized spacial score (nSPS) is 12.3. The van der Waals surface area contributed by atoms with E-state index in [1.807, 2.05) is 53.1 Å². The van der Waals surface area contributed by atoms with E-state index in [9.17, 15) is 4.79 Å². The SMILES string of the molecule is CCOC(=O)C(N)Cc1c(-c2ccc(Br)cc2)nc2ccccn12. The highest BCUT2D eigenvalue weighted by Crippen LogP contribution is 2.26. The number of pyridine rings is 1. The Kier molecular flexibility index (Phi) is 4.97. The van der Waals surface area contributed by atoms with Crippen LogP contribution >= 0.6 is 15.9 Å². The van der Waals surface area contributed by atoms with Gasteiger partial charge in [0.15, 0.2) is 0 Å². The number of halogens is 1. The number of hydrogen-bond donors (Lipinski definition) is 1. The summed E-state index contributed by atoms with van der Waals surface area (Å²) in [5.41, 5.74) is 9.56. The van der Waals surface area contributed by atoms with Gasteiger partial charge in [-0.2, -0.15) is 0 Å². The number of esters is 1. The Morgan fingerprint density at radius 1 is 1.29 bits per heavy atom. The molecule has 2 heterocycles. The number of imidazole rings is 1. The molecule has 0 fully saturated rings. The molecule has 2 aromatic heterocycles. The van der Waals surface area contributed by atoms with Gasteiger partial charge in [-0.15, -0.1) is 0 Å². The average molecular weight is 388 g/mol. The molecule has 1 unspecified atom stereocenters. The van der Waals surface area contributed by atoms with Crippen molar-refractivity contribution < 1.29 is 9.53 Å². The van der Waals surface area contributed by atoms with E-state index in [1.165, 1.54) is 0 Å². The van der Waals surface area contributed by atoms with Crippen LogP contribution in [0.2, 0.25) is 0 Å². The van der Waals surface area contributed by atoms with Crippen molar-refractivity contribution in [2.75, 3.05) is 6.61 Å². The van der Waals surface area contributed by atoms with Crippen molar-refractivity contribution >= 4 is 27.5 Å². The Hall–Kier alpha value is -2.18. The molecular formula is C18H18BrN3O2. The monoisotopic (exact) mass is 387 g/mol. The van der Waals surface area contributed by atoms with Crippen LogP contribution in [0.25, 0.3) is 16.9 Å². The molecular weight excluding hydrogens is 370 g/mol. The number of nitrogens with two attached hydrogens (primary N) is 1. The quantitative estimate of drug-likeness (QED) is 0.682. The van der Waals surface area contributed by atoms with E-state index in [1.54, 1.807) is 6.92 Å². The second-order valence-corrected chi connectivity index (χ2v) is 6.32. The van der Waals surface area contributed by atoms with Crippen molar-refractivity contribution in [1.82, 2.24) is 9.38 Å². The maximum Gasteiger partial charge on any atom is 0.323 e. The van der Waals surface area contributed by atoms with E-state index in [0.717, 1.165) is 27.1 Å². The Morgan fingerprint density at radius 3 is 2.75 bits per heavy atom. The van der Waals surface area contributed by atoms with Gasteiger partial charge in [-0.3, -0.25) is 4.79 Å². The molecule has 3 rings (SSSR count). The van der Waals surface area contributed by atoms with Gasteiger partial charge in [-0.1, -0.05) is 34.1 Å². The molecule has 1 aromatic carbocycles. The molecule has 0 spiro atoms. The van der Waals surface area contributed by atoms with Gasteiger partial charge in [0.1, 0.15) is 11.7 Å². The number of hydrogen-bond acceptors (Lipinski definition) is 4. The van der Waals surface area contributed by atoms with E-state index in [0.29, 0.717) is 13.0 Å². The van der Waals surface area contributed by atoms with Crippen molar-refractivity contribution in [1.29, 1.82) is 0 Å². The van der Waals surface area contributed by atoms with E-state index < -0.39 is 12.0 Å². The highest BCUT2D eigenvalue weighted by Gasteiger charge is 2.21. The van der Waals surface area contributed by atoms with Crippen molar-refractivity contribution in [3.8, 4) is 11.3 Å². The molecule has 0 saturated heterocycles. The number of aromatic nitrogens is 2. The van der Waals surface area contributed by atoms with E-state index in [4.69, 9.17) is 15.5 Å². The fraction of sp³-hybridized carbons (Fsp3) is 0.222. The molecule has 1 atom stereocenters. The number of carbonyl (C=O) groups is 1. The van der Waals surface area contributed by atoms with Gasteiger partial charge in [0.25, 0.3) is 0 Å². The third-order valence-electron chi connectivity index (χ3n) is 3.75. The molecule has 124 valence electrons. The lowest BCUT2D eigenvalue weighted by atomic mass is 10.1. The molecule has 5 nitrogen and oxygen atoms in total. The predicted octanol–water partition coefficient (Wildman–Crippen LogP) is 3.20. The van der Waals surface area contributed by atoms with Gasteiger partial charge in [0, 0.05) is 22.7 Å². The predicted molar refractivity (Wildman–Crippen MR) is 96.6 cm³/mol.